The van der Waals surface area contributed by atoms with Crippen molar-refractivity contribution in [3.8, 4) is 11.5 Å². The zero-order valence-electron chi connectivity index (χ0n) is 13.7. The molecule has 22 heavy (non-hydrogen) atoms. The second-order valence-electron chi connectivity index (χ2n) is 5.98. The first kappa shape index (κ1) is 16.8. The topological polar surface area (TPSA) is 38.8 Å². The van der Waals surface area contributed by atoms with E-state index >= 15 is 0 Å². The molecule has 0 amide bonds. The summed E-state index contributed by atoms with van der Waals surface area (Å²) in [5, 5.41) is 0. The van der Waals surface area contributed by atoms with Gasteiger partial charge in [0.05, 0.1) is 13.2 Å². The second-order valence-corrected chi connectivity index (χ2v) is 5.98. The fraction of sp³-hybridized carbons (Fsp3) is 0.611. The smallest absolute Gasteiger partial charge is 0.161 e. The van der Waals surface area contributed by atoms with Gasteiger partial charge in [0.25, 0.3) is 0 Å². The Balaban J connectivity index is 1.77. The van der Waals surface area contributed by atoms with E-state index in [1.807, 2.05) is 13.0 Å². The molecule has 4 nitrogen and oxygen atoms in total. The van der Waals surface area contributed by atoms with Crippen molar-refractivity contribution in [2.75, 3.05) is 32.8 Å². The van der Waals surface area contributed by atoms with E-state index in [2.05, 4.69) is 11.8 Å². The lowest BCUT2D eigenvalue weighted by Crippen LogP contribution is -2.34. The van der Waals surface area contributed by atoms with E-state index < -0.39 is 0 Å². The van der Waals surface area contributed by atoms with E-state index in [4.69, 9.17) is 9.47 Å². The lowest BCUT2D eigenvalue weighted by Gasteiger charge is -2.30. The molecule has 1 saturated heterocycles. The minimum Gasteiger partial charge on any atom is -0.490 e. The number of ether oxygens (including phenoxy) is 2. The molecule has 1 aliphatic rings. The zero-order chi connectivity index (χ0) is 15.8. The Morgan fingerprint density at radius 3 is 2.68 bits per heavy atom. The van der Waals surface area contributed by atoms with E-state index in [0.29, 0.717) is 24.5 Å². The summed E-state index contributed by atoms with van der Waals surface area (Å²) in [6, 6.07) is 5.31. The molecule has 0 bridgehead atoms. The summed E-state index contributed by atoms with van der Waals surface area (Å²) in [7, 11) is 0. The third kappa shape index (κ3) is 5.02. The highest BCUT2D eigenvalue weighted by Crippen LogP contribution is 2.28. The molecule has 2 rings (SSSR count). The van der Waals surface area contributed by atoms with Crippen LogP contribution in [0.3, 0.4) is 0 Å². The molecule has 0 atom stereocenters. The van der Waals surface area contributed by atoms with Gasteiger partial charge >= 0.3 is 0 Å². The third-order valence-corrected chi connectivity index (χ3v) is 4.16. The highest BCUT2D eigenvalue weighted by molar-refractivity contribution is 5.76. The van der Waals surface area contributed by atoms with E-state index in [0.717, 1.165) is 30.9 Å². The van der Waals surface area contributed by atoms with Gasteiger partial charge in [-0.25, -0.2) is 0 Å². The Bertz CT molecular complexity index is 467. The first-order valence-electron chi connectivity index (χ1n) is 8.30. The first-order chi connectivity index (χ1) is 10.7. The zero-order valence-corrected chi connectivity index (χ0v) is 13.7. The number of likely N-dealkylation sites (tertiary alicyclic amines) is 1. The Morgan fingerprint density at radius 1 is 1.23 bits per heavy atom. The summed E-state index contributed by atoms with van der Waals surface area (Å²) in [5.74, 6) is 2.25. The maximum absolute atomic E-state index is 10.8. The number of carbonyl (C=O) groups excluding carboxylic acids is 1. The molecule has 1 aromatic carbocycles. The minimum atomic E-state index is 0.560. The van der Waals surface area contributed by atoms with Crippen LogP contribution in [-0.4, -0.2) is 44.0 Å². The van der Waals surface area contributed by atoms with Crippen molar-refractivity contribution in [2.45, 2.75) is 33.1 Å². The van der Waals surface area contributed by atoms with Gasteiger partial charge in [0.15, 0.2) is 11.5 Å². The van der Waals surface area contributed by atoms with Crippen molar-refractivity contribution < 1.29 is 14.3 Å². The molecule has 0 N–H and O–H groups in total. The SMILES string of the molecule is CCOc1cc(C=O)ccc1OCCCN1CCC(C)CC1. The molecular weight excluding hydrogens is 278 g/mol. The van der Waals surface area contributed by atoms with Crippen LogP contribution >= 0.6 is 0 Å². The van der Waals surface area contributed by atoms with Crippen LogP contribution in [0.2, 0.25) is 0 Å². The van der Waals surface area contributed by atoms with Crippen molar-refractivity contribution in [1.29, 1.82) is 0 Å². The maximum atomic E-state index is 10.8. The van der Waals surface area contributed by atoms with Gasteiger partial charge in [-0.15, -0.1) is 0 Å². The van der Waals surface area contributed by atoms with Gasteiger partial charge in [-0.1, -0.05) is 6.92 Å². The predicted octanol–water partition coefficient (Wildman–Crippen LogP) is 3.40. The molecule has 0 aliphatic carbocycles. The number of rotatable bonds is 8. The molecule has 122 valence electrons. The van der Waals surface area contributed by atoms with Crippen molar-refractivity contribution in [1.82, 2.24) is 4.90 Å². The third-order valence-electron chi connectivity index (χ3n) is 4.16. The second kappa shape index (κ2) is 8.79. The van der Waals surface area contributed by atoms with E-state index in [1.54, 1.807) is 12.1 Å². The van der Waals surface area contributed by atoms with Crippen LogP contribution < -0.4 is 9.47 Å². The standard InChI is InChI=1S/C18H27NO3/c1-3-21-18-13-16(14-20)5-6-17(18)22-12-4-9-19-10-7-15(2)8-11-19/h5-6,13-15H,3-4,7-12H2,1-2H3. The fourth-order valence-electron chi connectivity index (χ4n) is 2.74. The van der Waals surface area contributed by atoms with Gasteiger partial charge in [-0.2, -0.15) is 0 Å². The molecule has 1 fully saturated rings. The average molecular weight is 305 g/mol. The Labute approximate surface area is 133 Å². The molecule has 0 saturated carbocycles. The summed E-state index contributed by atoms with van der Waals surface area (Å²) in [5.41, 5.74) is 0.609. The van der Waals surface area contributed by atoms with Crippen LogP contribution in [0.5, 0.6) is 11.5 Å². The lowest BCUT2D eigenvalue weighted by molar-refractivity contribution is 0.112. The molecule has 0 unspecified atom stereocenters. The predicted molar refractivity (Wildman–Crippen MR) is 87.9 cm³/mol. The fourth-order valence-corrected chi connectivity index (χ4v) is 2.74. The van der Waals surface area contributed by atoms with Gasteiger partial charge in [-0.05, 0) is 63.4 Å². The highest BCUT2D eigenvalue weighted by atomic mass is 16.5. The quantitative estimate of drug-likeness (QED) is 0.545. The minimum absolute atomic E-state index is 0.560. The molecular formula is C18H27NO3. The largest absolute Gasteiger partial charge is 0.490 e. The highest BCUT2D eigenvalue weighted by Gasteiger charge is 2.15. The Morgan fingerprint density at radius 2 is 2.00 bits per heavy atom. The molecule has 0 aromatic heterocycles. The number of benzene rings is 1. The van der Waals surface area contributed by atoms with Crippen molar-refractivity contribution >= 4 is 6.29 Å². The lowest BCUT2D eigenvalue weighted by atomic mass is 9.99. The Kier molecular flexibility index (Phi) is 6.72. The summed E-state index contributed by atoms with van der Waals surface area (Å²) in [6.07, 6.45) is 4.45. The number of aldehydes is 1. The number of hydrogen-bond donors (Lipinski definition) is 0. The average Bonchev–Trinajstić information content (AvgIpc) is 2.54. The van der Waals surface area contributed by atoms with Crippen LogP contribution in [-0.2, 0) is 0 Å². The summed E-state index contributed by atoms with van der Waals surface area (Å²) < 4.78 is 11.4. The molecule has 4 heteroatoms. The first-order valence-corrected chi connectivity index (χ1v) is 8.30. The van der Waals surface area contributed by atoms with Crippen molar-refractivity contribution in [2.24, 2.45) is 5.92 Å². The monoisotopic (exact) mass is 305 g/mol. The number of carbonyl (C=O) groups is 1. The van der Waals surface area contributed by atoms with Crippen LogP contribution in [0.1, 0.15) is 43.5 Å². The van der Waals surface area contributed by atoms with Crippen molar-refractivity contribution in [3.05, 3.63) is 23.8 Å². The van der Waals surface area contributed by atoms with Crippen LogP contribution in [0, 0.1) is 5.92 Å². The Hall–Kier alpha value is -1.55. The van der Waals surface area contributed by atoms with E-state index in [1.165, 1.54) is 25.9 Å². The molecule has 1 heterocycles. The normalized spacial score (nSPS) is 16.5. The summed E-state index contributed by atoms with van der Waals surface area (Å²) in [6.45, 7) is 8.99. The van der Waals surface area contributed by atoms with Gasteiger partial charge < -0.3 is 14.4 Å². The van der Waals surface area contributed by atoms with E-state index in [9.17, 15) is 4.79 Å². The number of nitrogens with zero attached hydrogens (tertiary/aromatic N) is 1. The van der Waals surface area contributed by atoms with Gasteiger partial charge in [-0.3, -0.25) is 4.79 Å². The molecule has 1 aliphatic heterocycles. The van der Waals surface area contributed by atoms with Gasteiger partial charge in [0.2, 0.25) is 0 Å². The van der Waals surface area contributed by atoms with Crippen LogP contribution in [0.25, 0.3) is 0 Å². The maximum Gasteiger partial charge on any atom is 0.161 e. The number of hydrogen-bond acceptors (Lipinski definition) is 4. The molecule has 1 aromatic rings. The summed E-state index contributed by atoms with van der Waals surface area (Å²) in [4.78, 5) is 13.3. The molecule has 0 spiro atoms. The van der Waals surface area contributed by atoms with Crippen LogP contribution in [0.15, 0.2) is 18.2 Å². The van der Waals surface area contributed by atoms with Crippen LogP contribution in [0.4, 0.5) is 0 Å². The van der Waals surface area contributed by atoms with E-state index in [-0.39, 0.29) is 0 Å². The summed E-state index contributed by atoms with van der Waals surface area (Å²) >= 11 is 0. The van der Waals surface area contributed by atoms with Crippen molar-refractivity contribution in [3.63, 3.8) is 0 Å². The van der Waals surface area contributed by atoms with Gasteiger partial charge in [0.1, 0.15) is 6.29 Å². The van der Waals surface area contributed by atoms with Gasteiger partial charge in [0, 0.05) is 12.1 Å². The molecule has 0 radical (unpaired) electrons. The number of piperidine rings is 1.